The first-order valence-electron chi connectivity index (χ1n) is 21.9. The molecular formula is C50H76N6O2. The molecule has 0 spiro atoms. The van der Waals surface area contributed by atoms with Crippen LogP contribution in [0.4, 0.5) is 0 Å². The predicted molar refractivity (Wildman–Crippen MR) is 248 cm³/mol. The predicted octanol–water partition coefficient (Wildman–Crippen LogP) is 12.3. The summed E-state index contributed by atoms with van der Waals surface area (Å²) in [4.78, 5) is 24.1. The highest BCUT2D eigenvalue weighted by molar-refractivity contribution is 5.71. The number of imidazole rings is 1. The zero-order valence-corrected chi connectivity index (χ0v) is 37.7. The number of hydrogen-bond acceptors (Lipinski definition) is 6. The van der Waals surface area contributed by atoms with Gasteiger partial charge in [0.05, 0.1) is 19.3 Å². The number of allylic oxidation sites excluding steroid dienone is 12. The van der Waals surface area contributed by atoms with Gasteiger partial charge in [-0.1, -0.05) is 108 Å². The number of unbranched alkanes of at least 4 members (excludes halogenated alkanes) is 2. The molecule has 2 heterocycles. The first-order valence-corrected chi connectivity index (χ1v) is 21.9. The van der Waals surface area contributed by atoms with E-state index in [-0.39, 0.29) is 11.7 Å². The molecule has 3 aromatic rings. The zero-order chi connectivity index (χ0) is 42.3. The minimum Gasteiger partial charge on any atom is -0.463 e. The molecule has 0 saturated heterocycles. The molecule has 0 saturated carbocycles. The molecule has 0 bridgehead atoms. The highest BCUT2D eigenvalue weighted by Crippen LogP contribution is 2.18. The fourth-order valence-electron chi connectivity index (χ4n) is 6.91. The molecule has 0 radical (unpaired) electrons. The standard InChI is InChI=1S/C50H76N6O2/c1-10-11-35-58-49-52-36-47-48(53-49)55(50(57)56(47)51)38-46-32-30-45(31-33-46)37-54(9)34-18-29-44(8)28-17-27-43(7)26-16-24-41(5)21-13-12-20-40(4)23-15-25-42(6)22-14-19-39(2)3/h19-21,25-26,28,30-33,36H,10-18,22-24,27,29,34-35,37-38,51H2,1-9H3/b40-20+,41-21+,42-25+,43-26+,44-28+. The highest BCUT2D eigenvalue weighted by Gasteiger charge is 2.15. The van der Waals surface area contributed by atoms with Crippen molar-refractivity contribution in [3.63, 3.8) is 0 Å². The molecule has 2 N–H and O–H groups in total. The summed E-state index contributed by atoms with van der Waals surface area (Å²) in [6.07, 6.45) is 31.7. The maximum absolute atomic E-state index is 12.9. The molecule has 0 atom stereocenters. The monoisotopic (exact) mass is 793 g/mol. The van der Waals surface area contributed by atoms with Gasteiger partial charge in [-0.3, -0.25) is 4.57 Å². The Hall–Kier alpha value is -4.43. The number of nitrogens with two attached hydrogens (primary N) is 1. The lowest BCUT2D eigenvalue weighted by Gasteiger charge is -2.17. The number of benzene rings is 1. The van der Waals surface area contributed by atoms with Crippen molar-refractivity contribution in [1.82, 2.24) is 24.1 Å². The van der Waals surface area contributed by atoms with Crippen molar-refractivity contribution in [1.29, 1.82) is 0 Å². The summed E-state index contributed by atoms with van der Waals surface area (Å²) in [5, 5.41) is 0. The van der Waals surface area contributed by atoms with Crippen molar-refractivity contribution < 1.29 is 4.74 Å². The summed E-state index contributed by atoms with van der Waals surface area (Å²) in [6.45, 7) is 20.7. The number of hydrogen-bond donors (Lipinski definition) is 1. The van der Waals surface area contributed by atoms with Crippen LogP contribution >= 0.6 is 0 Å². The van der Waals surface area contributed by atoms with E-state index < -0.39 is 0 Å². The summed E-state index contributed by atoms with van der Waals surface area (Å²) < 4.78 is 8.36. The van der Waals surface area contributed by atoms with Gasteiger partial charge in [0.15, 0.2) is 5.65 Å². The van der Waals surface area contributed by atoms with Gasteiger partial charge in [0, 0.05) is 6.54 Å². The number of aromatic nitrogens is 4. The lowest BCUT2D eigenvalue weighted by Crippen LogP contribution is -2.29. The second-order valence-corrected chi connectivity index (χ2v) is 16.7. The van der Waals surface area contributed by atoms with Gasteiger partial charge in [0.25, 0.3) is 0 Å². The maximum Gasteiger partial charge on any atom is 0.349 e. The molecule has 318 valence electrons. The Balaban J connectivity index is 1.31. The first kappa shape index (κ1) is 47.9. The lowest BCUT2D eigenvalue weighted by molar-refractivity contribution is 0.286. The van der Waals surface area contributed by atoms with Crippen LogP contribution in [0.15, 0.2) is 105 Å². The Morgan fingerprint density at radius 3 is 1.74 bits per heavy atom. The van der Waals surface area contributed by atoms with Gasteiger partial charge in [0.2, 0.25) is 0 Å². The lowest BCUT2D eigenvalue weighted by atomic mass is 10.0. The van der Waals surface area contributed by atoms with Gasteiger partial charge in [-0.2, -0.15) is 4.98 Å². The Bertz CT molecular complexity index is 1930. The van der Waals surface area contributed by atoms with Crippen LogP contribution in [0.25, 0.3) is 11.2 Å². The highest BCUT2D eigenvalue weighted by atomic mass is 16.5. The van der Waals surface area contributed by atoms with E-state index in [4.69, 9.17) is 10.6 Å². The van der Waals surface area contributed by atoms with E-state index in [1.807, 2.05) is 0 Å². The molecule has 0 aliphatic carbocycles. The number of ether oxygens (including phenoxy) is 1. The molecule has 58 heavy (non-hydrogen) atoms. The normalized spacial score (nSPS) is 13.2. The second kappa shape index (κ2) is 26.5. The van der Waals surface area contributed by atoms with E-state index in [1.165, 1.54) is 51.8 Å². The van der Waals surface area contributed by atoms with Crippen LogP contribution in [0.3, 0.4) is 0 Å². The van der Waals surface area contributed by atoms with Crippen molar-refractivity contribution in [2.45, 2.75) is 158 Å². The molecule has 0 aliphatic heterocycles. The van der Waals surface area contributed by atoms with Gasteiger partial charge in [0.1, 0.15) is 5.52 Å². The third kappa shape index (κ3) is 18.4. The minimum absolute atomic E-state index is 0.261. The van der Waals surface area contributed by atoms with E-state index in [2.05, 4.69) is 138 Å². The van der Waals surface area contributed by atoms with Crippen LogP contribution in [0.2, 0.25) is 0 Å². The topological polar surface area (TPSA) is 91.2 Å². The van der Waals surface area contributed by atoms with E-state index >= 15 is 0 Å². The van der Waals surface area contributed by atoms with Crippen molar-refractivity contribution in [2.24, 2.45) is 0 Å². The van der Waals surface area contributed by atoms with Gasteiger partial charge in [-0.25, -0.2) is 14.5 Å². The van der Waals surface area contributed by atoms with Crippen LogP contribution < -0.4 is 16.3 Å². The van der Waals surface area contributed by atoms with Crippen molar-refractivity contribution in [2.75, 3.05) is 26.0 Å². The fourth-order valence-corrected chi connectivity index (χ4v) is 6.91. The van der Waals surface area contributed by atoms with Gasteiger partial charge in [-0.05, 0) is 157 Å². The first-order chi connectivity index (χ1) is 27.9. The van der Waals surface area contributed by atoms with E-state index in [1.54, 1.807) is 10.8 Å². The smallest absolute Gasteiger partial charge is 0.349 e. The second-order valence-electron chi connectivity index (χ2n) is 16.7. The van der Waals surface area contributed by atoms with Crippen LogP contribution in [0.1, 0.15) is 156 Å². The van der Waals surface area contributed by atoms with E-state index in [0.717, 1.165) is 100 Å². The van der Waals surface area contributed by atoms with Gasteiger partial charge < -0.3 is 15.5 Å². The molecule has 0 unspecified atom stereocenters. The van der Waals surface area contributed by atoms with Crippen LogP contribution in [-0.2, 0) is 13.1 Å². The van der Waals surface area contributed by atoms with Crippen molar-refractivity contribution >= 4 is 11.2 Å². The van der Waals surface area contributed by atoms with E-state index in [0.29, 0.717) is 24.3 Å². The van der Waals surface area contributed by atoms with Crippen molar-refractivity contribution in [3.8, 4) is 6.01 Å². The molecule has 8 nitrogen and oxygen atoms in total. The fraction of sp³-hybridized carbons (Fsp3) is 0.540. The quantitative estimate of drug-likeness (QED) is 0.0470. The van der Waals surface area contributed by atoms with Crippen LogP contribution in [-0.4, -0.2) is 44.3 Å². The third-order valence-corrected chi connectivity index (χ3v) is 10.7. The summed E-state index contributed by atoms with van der Waals surface area (Å²) in [5.74, 6) is 6.05. The summed E-state index contributed by atoms with van der Waals surface area (Å²) >= 11 is 0. The molecule has 0 aliphatic rings. The van der Waals surface area contributed by atoms with Crippen LogP contribution in [0, 0.1) is 0 Å². The summed E-state index contributed by atoms with van der Waals surface area (Å²) in [5.41, 5.74) is 11.8. The van der Waals surface area contributed by atoms with Crippen LogP contribution in [0.5, 0.6) is 6.01 Å². The van der Waals surface area contributed by atoms with Gasteiger partial charge in [-0.15, -0.1) is 0 Å². The largest absolute Gasteiger partial charge is 0.463 e. The average molecular weight is 793 g/mol. The molecule has 8 heteroatoms. The maximum atomic E-state index is 12.9. The Morgan fingerprint density at radius 2 is 1.21 bits per heavy atom. The number of fused-ring (bicyclic) bond motifs is 1. The van der Waals surface area contributed by atoms with Crippen molar-refractivity contribution in [3.05, 3.63) is 122 Å². The minimum atomic E-state index is -0.329. The Kier molecular flexibility index (Phi) is 21.9. The van der Waals surface area contributed by atoms with E-state index in [9.17, 15) is 4.79 Å². The Morgan fingerprint density at radius 1 is 0.707 bits per heavy atom. The number of rotatable bonds is 27. The average Bonchev–Trinajstić information content (AvgIpc) is 3.41. The zero-order valence-electron chi connectivity index (χ0n) is 37.7. The molecule has 3 rings (SSSR count). The Labute approximate surface area is 351 Å². The summed E-state index contributed by atoms with van der Waals surface area (Å²) in [7, 11) is 2.18. The SMILES string of the molecule is CCCCOc1ncc2c(n1)n(Cc1ccc(CN(C)CCC/C(C)=C/CC/C(C)=C/CC/C(C)=C/CC/C=C(\C)CC/C=C(\C)CCC=C(C)C)cc1)c(=O)n2N. The molecule has 1 aromatic carbocycles. The summed E-state index contributed by atoms with van der Waals surface area (Å²) in [6, 6.07) is 8.70. The number of nitrogen functional groups attached to an aromatic ring is 1. The third-order valence-electron chi connectivity index (χ3n) is 10.7. The molecule has 2 aromatic heterocycles. The molecular weight excluding hydrogens is 717 g/mol. The van der Waals surface area contributed by atoms with Gasteiger partial charge >= 0.3 is 11.7 Å². The molecule has 0 amide bonds. The molecule has 0 fully saturated rings. The number of nitrogens with zero attached hydrogens (tertiary/aromatic N) is 5.